The SMILES string of the molecule is c1ccc(-c2ccc3c(c2)C2(c4ccccc4-c4ccccc42)c2c-3ccc3ccc(-c4ccc5oc6ccccc6c5c4)cc23)cc1. The predicted molar refractivity (Wildman–Crippen MR) is 198 cm³/mol. The van der Waals surface area contributed by atoms with Crippen molar-refractivity contribution < 1.29 is 4.42 Å². The van der Waals surface area contributed by atoms with Crippen molar-refractivity contribution in [2.75, 3.05) is 0 Å². The van der Waals surface area contributed by atoms with E-state index in [4.69, 9.17) is 4.42 Å². The summed E-state index contributed by atoms with van der Waals surface area (Å²) < 4.78 is 6.18. The van der Waals surface area contributed by atoms with Crippen LogP contribution in [0.15, 0.2) is 174 Å². The average molecular weight is 609 g/mol. The second kappa shape index (κ2) is 9.44. The highest BCUT2D eigenvalue weighted by molar-refractivity contribution is 6.08. The molecule has 1 aromatic heterocycles. The minimum absolute atomic E-state index is 0.439. The molecule has 0 unspecified atom stereocenters. The summed E-state index contributed by atoms with van der Waals surface area (Å²) >= 11 is 0. The Morgan fingerprint density at radius 3 is 1.71 bits per heavy atom. The Morgan fingerprint density at radius 2 is 0.896 bits per heavy atom. The summed E-state index contributed by atoms with van der Waals surface area (Å²) in [5.41, 5.74) is 17.0. The van der Waals surface area contributed by atoms with Gasteiger partial charge >= 0.3 is 0 Å². The maximum absolute atomic E-state index is 6.18. The van der Waals surface area contributed by atoms with Gasteiger partial charge in [0.2, 0.25) is 0 Å². The van der Waals surface area contributed by atoms with Gasteiger partial charge in [0, 0.05) is 10.8 Å². The third-order valence-electron chi connectivity index (χ3n) is 10.9. The lowest BCUT2D eigenvalue weighted by Crippen LogP contribution is -2.26. The predicted octanol–water partition coefficient (Wildman–Crippen LogP) is 12.4. The summed E-state index contributed by atoms with van der Waals surface area (Å²) in [5, 5.41) is 4.85. The van der Waals surface area contributed by atoms with Gasteiger partial charge in [-0.1, -0.05) is 140 Å². The topological polar surface area (TPSA) is 13.1 Å². The molecular weight excluding hydrogens is 581 g/mol. The highest BCUT2D eigenvalue weighted by atomic mass is 16.3. The van der Waals surface area contributed by atoms with Gasteiger partial charge in [0.05, 0.1) is 5.41 Å². The molecule has 222 valence electrons. The molecule has 48 heavy (non-hydrogen) atoms. The van der Waals surface area contributed by atoms with Crippen molar-refractivity contribution in [1.29, 1.82) is 0 Å². The summed E-state index contributed by atoms with van der Waals surface area (Å²) in [6.45, 7) is 0. The molecular formula is C47H28O. The standard InChI is InChI=1S/C47H28O/c1-2-10-29(11-3-1)33-21-23-36-38-24-20-30-18-19-31(32-22-25-45-40(27-32)37-14-6-9-17-44(37)48-45)26-39(30)46(38)47(43(36)28-33)41-15-7-4-12-34(41)35-13-5-8-16-42(35)47/h1-28H. The molecule has 0 fully saturated rings. The molecule has 0 N–H and O–H groups in total. The quantitative estimate of drug-likeness (QED) is 0.190. The Hall–Kier alpha value is -6.18. The van der Waals surface area contributed by atoms with Gasteiger partial charge in [0.25, 0.3) is 0 Å². The molecule has 0 aliphatic heterocycles. The second-order valence-corrected chi connectivity index (χ2v) is 13.2. The van der Waals surface area contributed by atoms with Crippen LogP contribution in [0.25, 0.3) is 77.2 Å². The Labute approximate surface area is 278 Å². The smallest absolute Gasteiger partial charge is 0.135 e. The molecule has 11 rings (SSSR count). The van der Waals surface area contributed by atoms with E-state index in [-0.39, 0.29) is 0 Å². The molecule has 1 heteroatoms. The number of para-hydroxylation sites is 1. The summed E-state index contributed by atoms with van der Waals surface area (Å²) in [4.78, 5) is 0. The number of hydrogen-bond acceptors (Lipinski definition) is 1. The first-order valence-electron chi connectivity index (χ1n) is 16.7. The molecule has 0 bridgehead atoms. The molecule has 0 radical (unpaired) electrons. The zero-order chi connectivity index (χ0) is 31.4. The highest BCUT2D eigenvalue weighted by Gasteiger charge is 2.52. The third-order valence-corrected chi connectivity index (χ3v) is 10.9. The summed E-state index contributed by atoms with van der Waals surface area (Å²) in [6.07, 6.45) is 0. The molecule has 0 saturated carbocycles. The average Bonchev–Trinajstić information content (AvgIpc) is 3.78. The first-order valence-corrected chi connectivity index (χ1v) is 16.7. The van der Waals surface area contributed by atoms with E-state index < -0.39 is 5.41 Å². The van der Waals surface area contributed by atoms with Crippen LogP contribution in [0.1, 0.15) is 22.3 Å². The lowest BCUT2D eigenvalue weighted by atomic mass is 9.69. The van der Waals surface area contributed by atoms with Gasteiger partial charge in [-0.05, 0) is 108 Å². The molecule has 2 aliphatic carbocycles. The maximum Gasteiger partial charge on any atom is 0.135 e. The monoisotopic (exact) mass is 608 g/mol. The second-order valence-electron chi connectivity index (χ2n) is 13.2. The highest BCUT2D eigenvalue weighted by Crippen LogP contribution is 2.64. The van der Waals surface area contributed by atoms with E-state index in [1.54, 1.807) is 0 Å². The molecule has 1 nitrogen and oxygen atoms in total. The van der Waals surface area contributed by atoms with E-state index in [2.05, 4.69) is 158 Å². The van der Waals surface area contributed by atoms with Crippen LogP contribution in [0.3, 0.4) is 0 Å². The van der Waals surface area contributed by atoms with Gasteiger partial charge in [-0.15, -0.1) is 0 Å². The van der Waals surface area contributed by atoms with Gasteiger partial charge in [0.15, 0.2) is 0 Å². The van der Waals surface area contributed by atoms with Gasteiger partial charge in [-0.2, -0.15) is 0 Å². The Balaban J connectivity index is 1.23. The number of hydrogen-bond donors (Lipinski definition) is 0. The van der Waals surface area contributed by atoms with Crippen molar-refractivity contribution in [2.45, 2.75) is 5.41 Å². The third kappa shape index (κ3) is 3.30. The minimum Gasteiger partial charge on any atom is -0.456 e. The van der Waals surface area contributed by atoms with Crippen LogP contribution in [0.5, 0.6) is 0 Å². The largest absolute Gasteiger partial charge is 0.456 e. The Morgan fingerprint density at radius 1 is 0.333 bits per heavy atom. The first-order chi connectivity index (χ1) is 23.8. The summed E-state index contributed by atoms with van der Waals surface area (Å²) in [6, 6.07) is 62.7. The van der Waals surface area contributed by atoms with E-state index in [1.807, 2.05) is 12.1 Å². The van der Waals surface area contributed by atoms with E-state index in [9.17, 15) is 0 Å². The van der Waals surface area contributed by atoms with Crippen LogP contribution >= 0.6 is 0 Å². The van der Waals surface area contributed by atoms with Crippen molar-refractivity contribution in [3.05, 3.63) is 192 Å². The normalized spacial score (nSPS) is 13.6. The van der Waals surface area contributed by atoms with Gasteiger partial charge in [0.1, 0.15) is 11.2 Å². The van der Waals surface area contributed by atoms with Gasteiger partial charge in [-0.25, -0.2) is 0 Å². The van der Waals surface area contributed by atoms with Crippen molar-refractivity contribution in [3.8, 4) is 44.5 Å². The molecule has 2 aliphatic rings. The van der Waals surface area contributed by atoms with Crippen LogP contribution in [0.4, 0.5) is 0 Å². The fourth-order valence-electron chi connectivity index (χ4n) is 8.86. The van der Waals surface area contributed by atoms with Gasteiger partial charge < -0.3 is 4.42 Å². The summed E-state index contributed by atoms with van der Waals surface area (Å²) in [7, 11) is 0. The van der Waals surface area contributed by atoms with Gasteiger partial charge in [-0.3, -0.25) is 0 Å². The lowest BCUT2D eigenvalue weighted by Gasteiger charge is -2.32. The molecule has 1 spiro atoms. The minimum atomic E-state index is -0.439. The fraction of sp³-hybridized carbons (Fsp3) is 0.0213. The molecule has 1 heterocycles. The van der Waals surface area contributed by atoms with E-state index in [0.29, 0.717) is 0 Å². The van der Waals surface area contributed by atoms with Crippen molar-refractivity contribution in [2.24, 2.45) is 0 Å². The Kier molecular flexibility index (Phi) is 5.10. The first kappa shape index (κ1) is 25.9. The summed E-state index contributed by atoms with van der Waals surface area (Å²) in [5.74, 6) is 0. The van der Waals surface area contributed by atoms with E-state index >= 15 is 0 Å². The van der Waals surface area contributed by atoms with Crippen molar-refractivity contribution in [1.82, 2.24) is 0 Å². The van der Waals surface area contributed by atoms with E-state index in [1.165, 1.54) is 77.5 Å². The fourth-order valence-corrected chi connectivity index (χ4v) is 8.86. The zero-order valence-corrected chi connectivity index (χ0v) is 26.1. The molecule has 0 saturated heterocycles. The van der Waals surface area contributed by atoms with Crippen LogP contribution < -0.4 is 0 Å². The molecule has 8 aromatic carbocycles. The van der Waals surface area contributed by atoms with Crippen molar-refractivity contribution in [3.63, 3.8) is 0 Å². The van der Waals surface area contributed by atoms with Crippen LogP contribution in [0.2, 0.25) is 0 Å². The lowest BCUT2D eigenvalue weighted by molar-refractivity contribution is 0.669. The number of furan rings is 1. The van der Waals surface area contributed by atoms with E-state index in [0.717, 1.165) is 21.9 Å². The number of rotatable bonds is 2. The number of benzene rings is 8. The molecule has 9 aromatic rings. The van der Waals surface area contributed by atoms with Crippen LogP contribution in [-0.2, 0) is 5.41 Å². The van der Waals surface area contributed by atoms with Crippen LogP contribution in [-0.4, -0.2) is 0 Å². The van der Waals surface area contributed by atoms with Crippen molar-refractivity contribution >= 4 is 32.7 Å². The van der Waals surface area contributed by atoms with Crippen LogP contribution in [0, 0.1) is 0 Å². The maximum atomic E-state index is 6.18. The zero-order valence-electron chi connectivity index (χ0n) is 26.1. The number of fused-ring (bicyclic) bond motifs is 15. The molecule has 0 amide bonds. The Bertz CT molecular complexity index is 2740. The molecule has 0 atom stereocenters.